The first-order valence-corrected chi connectivity index (χ1v) is 8.40. The number of aromatic nitrogens is 2. The van der Waals surface area contributed by atoms with Gasteiger partial charge in [-0.25, -0.2) is 0 Å². The van der Waals surface area contributed by atoms with E-state index in [4.69, 9.17) is 10.1 Å². The van der Waals surface area contributed by atoms with Crippen LogP contribution in [0, 0.1) is 5.41 Å². The summed E-state index contributed by atoms with van der Waals surface area (Å²) in [6.07, 6.45) is 1.07. The lowest BCUT2D eigenvalue weighted by molar-refractivity contribution is 0.155. The Balaban J connectivity index is 1.93. The number of imidazole rings is 1. The summed E-state index contributed by atoms with van der Waals surface area (Å²) < 4.78 is 9.15. The summed E-state index contributed by atoms with van der Waals surface area (Å²) in [7, 11) is 0. The summed E-state index contributed by atoms with van der Waals surface area (Å²) in [5.41, 5.74) is 3.05. The highest BCUT2D eigenvalue weighted by Crippen LogP contribution is 2.21. The summed E-state index contributed by atoms with van der Waals surface area (Å²) in [4.78, 5) is 0. The molecular weight excluding hydrogens is 314 g/mol. The Bertz CT molecular complexity index is 922. The minimum atomic E-state index is -0.701. The number of para-hydroxylation sites is 2. The number of ether oxygens (including phenoxy) is 1. The van der Waals surface area contributed by atoms with E-state index in [0.717, 1.165) is 22.3 Å². The van der Waals surface area contributed by atoms with Crippen LogP contribution in [0.5, 0.6) is 5.75 Å². The fraction of sp³-hybridized carbons (Fsp3) is 0.250. The number of hydrogen-bond acceptors (Lipinski definition) is 3. The van der Waals surface area contributed by atoms with Crippen LogP contribution in [-0.4, -0.2) is 20.8 Å². The number of aliphatic hydroxyl groups excluding tert-OH is 1. The molecule has 0 bridgehead atoms. The van der Waals surface area contributed by atoms with E-state index >= 15 is 0 Å². The normalized spacial score (nSPS) is 12.2. The van der Waals surface area contributed by atoms with Crippen molar-refractivity contribution in [2.24, 2.45) is 0 Å². The molecule has 0 aliphatic rings. The van der Waals surface area contributed by atoms with Crippen LogP contribution in [0.2, 0.25) is 0 Å². The van der Waals surface area contributed by atoms with Crippen LogP contribution in [0.3, 0.4) is 0 Å². The molecule has 1 aromatic heterocycles. The summed E-state index contributed by atoms with van der Waals surface area (Å²) in [6.45, 7) is 7.20. The molecule has 2 N–H and O–H groups in total. The zero-order chi connectivity index (χ0) is 17.8. The Hall–Kier alpha value is -2.79. The van der Waals surface area contributed by atoms with Crippen molar-refractivity contribution in [2.45, 2.75) is 26.1 Å². The molecule has 1 atom stereocenters. The second-order valence-corrected chi connectivity index (χ2v) is 5.84. The molecule has 0 aliphatic heterocycles. The maximum absolute atomic E-state index is 10.6. The van der Waals surface area contributed by atoms with Gasteiger partial charge in [0.2, 0.25) is 5.62 Å². The second-order valence-electron chi connectivity index (χ2n) is 5.84. The maximum Gasteiger partial charge on any atom is 0.203 e. The van der Waals surface area contributed by atoms with Crippen LogP contribution in [0.4, 0.5) is 0 Å². The Morgan fingerprint density at radius 1 is 1.12 bits per heavy atom. The van der Waals surface area contributed by atoms with Gasteiger partial charge in [-0.15, -0.1) is 6.58 Å². The topological polar surface area (TPSA) is 63.2 Å². The molecule has 2 aromatic carbocycles. The average Bonchev–Trinajstić information content (AvgIpc) is 2.89. The predicted molar refractivity (Wildman–Crippen MR) is 98.6 cm³/mol. The van der Waals surface area contributed by atoms with Crippen LogP contribution in [-0.2, 0) is 13.1 Å². The van der Waals surface area contributed by atoms with Gasteiger partial charge in [0.25, 0.3) is 0 Å². The highest BCUT2D eigenvalue weighted by Gasteiger charge is 2.14. The summed E-state index contributed by atoms with van der Waals surface area (Å²) in [5, 5.41) is 19.1. The van der Waals surface area contributed by atoms with E-state index in [1.807, 2.05) is 64.6 Å². The van der Waals surface area contributed by atoms with Gasteiger partial charge in [0.05, 0.1) is 30.3 Å². The molecule has 0 radical (unpaired) electrons. The van der Waals surface area contributed by atoms with Gasteiger partial charge in [0.15, 0.2) is 0 Å². The van der Waals surface area contributed by atoms with Crippen LogP contribution in [0.1, 0.15) is 18.6 Å². The Morgan fingerprint density at radius 2 is 1.76 bits per heavy atom. The van der Waals surface area contributed by atoms with Crippen molar-refractivity contribution >= 4 is 11.0 Å². The zero-order valence-electron chi connectivity index (χ0n) is 14.4. The molecule has 3 aromatic rings. The van der Waals surface area contributed by atoms with Gasteiger partial charge in [-0.05, 0) is 36.8 Å². The van der Waals surface area contributed by atoms with E-state index in [9.17, 15) is 5.11 Å². The van der Waals surface area contributed by atoms with E-state index in [1.54, 1.807) is 6.08 Å². The summed E-state index contributed by atoms with van der Waals surface area (Å²) >= 11 is 0. The zero-order valence-corrected chi connectivity index (χ0v) is 14.4. The third-order valence-electron chi connectivity index (χ3n) is 4.22. The van der Waals surface area contributed by atoms with Gasteiger partial charge in [-0.1, -0.05) is 30.3 Å². The van der Waals surface area contributed by atoms with Crippen LogP contribution in [0.15, 0.2) is 61.2 Å². The van der Waals surface area contributed by atoms with E-state index < -0.39 is 6.10 Å². The van der Waals surface area contributed by atoms with Gasteiger partial charge >= 0.3 is 0 Å². The molecule has 0 saturated carbocycles. The largest absolute Gasteiger partial charge is 0.494 e. The Kier molecular flexibility index (Phi) is 5.05. The van der Waals surface area contributed by atoms with Crippen LogP contribution in [0.25, 0.3) is 11.0 Å². The van der Waals surface area contributed by atoms with Gasteiger partial charge in [0, 0.05) is 6.54 Å². The van der Waals surface area contributed by atoms with Gasteiger partial charge in [-0.3, -0.25) is 5.41 Å². The maximum atomic E-state index is 10.6. The molecule has 130 valence electrons. The first-order valence-electron chi connectivity index (χ1n) is 8.40. The minimum Gasteiger partial charge on any atom is -0.494 e. The monoisotopic (exact) mass is 337 g/mol. The fourth-order valence-electron chi connectivity index (χ4n) is 3.02. The molecule has 0 aliphatic carbocycles. The lowest BCUT2D eigenvalue weighted by Crippen LogP contribution is -2.26. The molecule has 0 spiro atoms. The molecule has 25 heavy (non-hydrogen) atoms. The highest BCUT2D eigenvalue weighted by molar-refractivity contribution is 5.75. The Morgan fingerprint density at radius 3 is 2.36 bits per heavy atom. The van der Waals surface area contributed by atoms with Crippen molar-refractivity contribution in [3.8, 4) is 5.75 Å². The van der Waals surface area contributed by atoms with Crippen LogP contribution < -0.4 is 10.4 Å². The number of fused-ring (bicyclic) bond motifs is 1. The lowest BCUT2D eigenvalue weighted by Gasteiger charge is -2.13. The Labute approximate surface area is 146 Å². The number of benzene rings is 2. The van der Waals surface area contributed by atoms with Crippen molar-refractivity contribution in [3.63, 3.8) is 0 Å². The summed E-state index contributed by atoms with van der Waals surface area (Å²) in [6, 6.07) is 15.3. The number of allylic oxidation sites excluding steroid dienone is 1. The first-order chi connectivity index (χ1) is 12.2. The molecule has 1 heterocycles. The fourth-order valence-corrected chi connectivity index (χ4v) is 3.02. The van der Waals surface area contributed by atoms with E-state index in [1.165, 1.54) is 0 Å². The van der Waals surface area contributed by atoms with Crippen molar-refractivity contribution < 1.29 is 9.84 Å². The van der Waals surface area contributed by atoms with E-state index in [0.29, 0.717) is 25.3 Å². The number of rotatable bonds is 7. The number of aliphatic hydroxyl groups is 1. The van der Waals surface area contributed by atoms with Crippen molar-refractivity contribution in [1.82, 2.24) is 9.13 Å². The molecule has 5 heteroatoms. The predicted octanol–water partition coefficient (Wildman–Crippen LogP) is 3.24. The molecule has 0 saturated heterocycles. The molecule has 0 unspecified atom stereocenters. The number of hydrogen-bond donors (Lipinski definition) is 2. The van der Waals surface area contributed by atoms with Gasteiger partial charge < -0.3 is 19.0 Å². The van der Waals surface area contributed by atoms with Gasteiger partial charge in [0.1, 0.15) is 5.75 Å². The van der Waals surface area contributed by atoms with Gasteiger partial charge in [-0.2, -0.15) is 0 Å². The highest BCUT2D eigenvalue weighted by atomic mass is 16.5. The van der Waals surface area contributed by atoms with Crippen molar-refractivity contribution in [1.29, 1.82) is 5.41 Å². The first kappa shape index (κ1) is 17.0. The van der Waals surface area contributed by atoms with Crippen molar-refractivity contribution in [3.05, 3.63) is 72.4 Å². The SMILES string of the molecule is C=CCn1c(=N)n(C[C@@H](O)c2ccc(OCC)cc2)c2ccccc21. The van der Waals surface area contributed by atoms with Crippen molar-refractivity contribution in [2.75, 3.05) is 6.61 Å². The van der Waals surface area contributed by atoms with E-state index in [2.05, 4.69) is 6.58 Å². The molecule has 0 amide bonds. The smallest absolute Gasteiger partial charge is 0.203 e. The molecule has 0 fully saturated rings. The minimum absolute atomic E-state index is 0.317. The molecule has 5 nitrogen and oxygen atoms in total. The second kappa shape index (κ2) is 7.40. The molecule has 3 rings (SSSR count). The average molecular weight is 337 g/mol. The lowest BCUT2D eigenvalue weighted by atomic mass is 10.1. The number of nitrogens with one attached hydrogen (secondary N) is 1. The van der Waals surface area contributed by atoms with E-state index in [-0.39, 0.29) is 0 Å². The quantitative estimate of drug-likeness (QED) is 0.650. The summed E-state index contributed by atoms with van der Waals surface area (Å²) in [5.74, 6) is 0.787. The third-order valence-corrected chi connectivity index (χ3v) is 4.22. The third kappa shape index (κ3) is 3.37. The van der Waals surface area contributed by atoms with Crippen LogP contribution >= 0.6 is 0 Å². The number of nitrogens with zero attached hydrogens (tertiary/aromatic N) is 2. The molecular formula is C20H23N3O2. The standard InChI is InChI=1S/C20H23N3O2/c1-3-13-22-17-7-5-6-8-18(17)23(20(22)21)14-19(24)15-9-11-16(12-10-15)25-4-2/h3,5-12,19,21,24H,1,4,13-14H2,2H3/t19-/m1/s1.